The maximum Gasteiger partial charge on any atom is 0.113 e. The summed E-state index contributed by atoms with van der Waals surface area (Å²) in [5, 5.41) is 4.29. The molecule has 0 spiro atoms. The number of nitrogens with zero attached hydrogens (tertiary/aromatic N) is 3. The highest BCUT2D eigenvalue weighted by molar-refractivity contribution is 9.10. The lowest BCUT2D eigenvalue weighted by atomic mass is 10.3. The minimum Gasteiger partial charge on any atom is -0.270 e. The summed E-state index contributed by atoms with van der Waals surface area (Å²) in [7, 11) is 1.92. The van der Waals surface area contributed by atoms with Crippen LogP contribution >= 0.6 is 15.9 Å². The van der Waals surface area contributed by atoms with Crippen molar-refractivity contribution in [2.45, 2.75) is 6.92 Å². The molecule has 0 unspecified atom stereocenters. The molecule has 0 radical (unpaired) electrons. The zero-order valence-electron chi connectivity index (χ0n) is 6.87. The van der Waals surface area contributed by atoms with E-state index >= 15 is 0 Å². The Balaban J connectivity index is 2.88. The lowest BCUT2D eigenvalue weighted by molar-refractivity contribution is 0.750. The Hall–Kier alpha value is -0.900. The second kappa shape index (κ2) is 2.55. The van der Waals surface area contributed by atoms with Crippen molar-refractivity contribution in [3.63, 3.8) is 0 Å². The van der Waals surface area contributed by atoms with Crippen LogP contribution in [0.15, 0.2) is 16.7 Å². The fraction of sp³-hybridized carbons (Fsp3) is 0.250. The van der Waals surface area contributed by atoms with E-state index in [1.54, 1.807) is 0 Å². The van der Waals surface area contributed by atoms with Crippen molar-refractivity contribution in [2.24, 2.45) is 7.05 Å². The van der Waals surface area contributed by atoms with Crippen LogP contribution in [0, 0.1) is 6.92 Å². The first kappa shape index (κ1) is 7.73. The van der Waals surface area contributed by atoms with Crippen LogP contribution < -0.4 is 0 Å². The number of aromatic nitrogens is 3. The fourth-order valence-electron chi connectivity index (χ4n) is 1.16. The van der Waals surface area contributed by atoms with Crippen molar-refractivity contribution < 1.29 is 0 Å². The molecule has 0 aromatic carbocycles. The summed E-state index contributed by atoms with van der Waals surface area (Å²) in [5.74, 6) is 0. The molecule has 0 fully saturated rings. The van der Waals surface area contributed by atoms with E-state index in [1.807, 2.05) is 30.8 Å². The quantitative estimate of drug-likeness (QED) is 0.643. The summed E-state index contributed by atoms with van der Waals surface area (Å²) in [6, 6.07) is 3.86. The van der Waals surface area contributed by atoms with E-state index in [2.05, 4.69) is 26.0 Å². The second-order valence-electron chi connectivity index (χ2n) is 2.71. The van der Waals surface area contributed by atoms with E-state index in [0.717, 1.165) is 21.3 Å². The summed E-state index contributed by atoms with van der Waals surface area (Å²) in [4.78, 5) is 4.33. The molecule has 0 saturated carbocycles. The lowest BCUT2D eigenvalue weighted by Gasteiger charge is -1.91. The molecular formula is C8H8BrN3. The van der Waals surface area contributed by atoms with Crippen molar-refractivity contribution in [3.05, 3.63) is 22.4 Å². The van der Waals surface area contributed by atoms with Crippen LogP contribution in [0.25, 0.3) is 11.0 Å². The third-order valence-electron chi connectivity index (χ3n) is 1.93. The normalized spacial score (nSPS) is 10.9. The second-order valence-corrected chi connectivity index (χ2v) is 3.52. The molecule has 0 bridgehead atoms. The molecule has 0 atom stereocenters. The van der Waals surface area contributed by atoms with Gasteiger partial charge >= 0.3 is 0 Å². The van der Waals surface area contributed by atoms with E-state index in [1.165, 1.54) is 0 Å². The molecular weight excluding hydrogens is 218 g/mol. The molecule has 2 rings (SSSR count). The summed E-state index contributed by atoms with van der Waals surface area (Å²) < 4.78 is 2.69. The van der Waals surface area contributed by atoms with Crippen LogP contribution in [0.4, 0.5) is 0 Å². The molecule has 0 saturated heterocycles. The van der Waals surface area contributed by atoms with Gasteiger partial charge in [0.1, 0.15) is 15.6 Å². The molecule has 2 aromatic heterocycles. The van der Waals surface area contributed by atoms with Crippen LogP contribution in [0.1, 0.15) is 5.69 Å². The van der Waals surface area contributed by atoms with E-state index < -0.39 is 0 Å². The highest BCUT2D eigenvalue weighted by atomic mass is 79.9. The Labute approximate surface area is 78.5 Å². The van der Waals surface area contributed by atoms with Crippen molar-refractivity contribution >= 4 is 27.0 Å². The zero-order valence-corrected chi connectivity index (χ0v) is 8.46. The maximum absolute atomic E-state index is 4.33. The van der Waals surface area contributed by atoms with Gasteiger partial charge in [-0.15, -0.1) is 0 Å². The molecule has 12 heavy (non-hydrogen) atoms. The SMILES string of the molecule is Cc1c2nc(Br)ccc2nn1C. The lowest BCUT2D eigenvalue weighted by Crippen LogP contribution is -1.91. The number of fused-ring (bicyclic) bond motifs is 1. The highest BCUT2D eigenvalue weighted by Gasteiger charge is 2.05. The van der Waals surface area contributed by atoms with Gasteiger partial charge in [-0.25, -0.2) is 4.98 Å². The van der Waals surface area contributed by atoms with Crippen LogP contribution in [-0.4, -0.2) is 14.8 Å². The fourth-order valence-corrected chi connectivity index (χ4v) is 1.47. The van der Waals surface area contributed by atoms with Crippen molar-refractivity contribution in [1.82, 2.24) is 14.8 Å². The monoisotopic (exact) mass is 225 g/mol. The number of pyridine rings is 1. The maximum atomic E-state index is 4.33. The predicted molar refractivity (Wildman–Crippen MR) is 50.9 cm³/mol. The summed E-state index contributed by atoms with van der Waals surface area (Å²) in [5.41, 5.74) is 3.00. The summed E-state index contributed by atoms with van der Waals surface area (Å²) >= 11 is 3.33. The topological polar surface area (TPSA) is 30.7 Å². The molecule has 0 amide bonds. The van der Waals surface area contributed by atoms with Crippen molar-refractivity contribution in [1.29, 1.82) is 0 Å². The average Bonchev–Trinajstić information content (AvgIpc) is 2.31. The third kappa shape index (κ3) is 1.03. The number of halogens is 1. The van der Waals surface area contributed by atoms with E-state index in [0.29, 0.717) is 0 Å². The molecule has 0 aliphatic heterocycles. The van der Waals surface area contributed by atoms with Crippen LogP contribution in [0.2, 0.25) is 0 Å². The first-order valence-corrected chi connectivity index (χ1v) is 4.43. The Morgan fingerprint density at radius 3 is 2.92 bits per heavy atom. The molecule has 4 heteroatoms. The van der Waals surface area contributed by atoms with Gasteiger partial charge in [-0.3, -0.25) is 4.68 Å². The molecule has 0 aliphatic rings. The number of aryl methyl sites for hydroxylation is 2. The van der Waals surface area contributed by atoms with Gasteiger partial charge in [-0.2, -0.15) is 5.10 Å². The van der Waals surface area contributed by atoms with Gasteiger partial charge in [0.05, 0.1) is 5.69 Å². The smallest absolute Gasteiger partial charge is 0.113 e. The van der Waals surface area contributed by atoms with E-state index in [4.69, 9.17) is 0 Å². The number of hydrogen-bond donors (Lipinski definition) is 0. The van der Waals surface area contributed by atoms with Crippen molar-refractivity contribution in [2.75, 3.05) is 0 Å². The molecule has 0 aliphatic carbocycles. The van der Waals surface area contributed by atoms with Gasteiger partial charge < -0.3 is 0 Å². The van der Waals surface area contributed by atoms with Gasteiger partial charge in [0.25, 0.3) is 0 Å². The molecule has 0 N–H and O–H groups in total. The van der Waals surface area contributed by atoms with Crippen molar-refractivity contribution in [3.8, 4) is 0 Å². The minimum absolute atomic E-state index is 0.853. The van der Waals surface area contributed by atoms with E-state index in [-0.39, 0.29) is 0 Å². The minimum atomic E-state index is 0.853. The van der Waals surface area contributed by atoms with Gasteiger partial charge in [0, 0.05) is 7.05 Å². The Bertz CT molecular complexity index is 433. The van der Waals surface area contributed by atoms with Gasteiger partial charge in [0.2, 0.25) is 0 Å². The average molecular weight is 226 g/mol. The Morgan fingerprint density at radius 2 is 2.17 bits per heavy atom. The van der Waals surface area contributed by atoms with Gasteiger partial charge in [0.15, 0.2) is 0 Å². The van der Waals surface area contributed by atoms with Crippen LogP contribution in [0.3, 0.4) is 0 Å². The largest absolute Gasteiger partial charge is 0.270 e. The Kier molecular flexibility index (Phi) is 1.65. The van der Waals surface area contributed by atoms with Gasteiger partial charge in [-0.05, 0) is 35.0 Å². The van der Waals surface area contributed by atoms with Crippen LogP contribution in [0.5, 0.6) is 0 Å². The highest BCUT2D eigenvalue weighted by Crippen LogP contribution is 2.17. The first-order valence-electron chi connectivity index (χ1n) is 3.64. The summed E-state index contributed by atoms with van der Waals surface area (Å²) in [6.45, 7) is 2.01. The molecule has 62 valence electrons. The van der Waals surface area contributed by atoms with E-state index in [9.17, 15) is 0 Å². The number of rotatable bonds is 0. The standard InChI is InChI=1S/C8H8BrN3/c1-5-8-6(11-12(5)2)3-4-7(9)10-8/h3-4H,1-2H3. The van der Waals surface area contributed by atoms with Gasteiger partial charge in [-0.1, -0.05) is 0 Å². The third-order valence-corrected chi connectivity index (χ3v) is 2.37. The number of hydrogen-bond acceptors (Lipinski definition) is 2. The molecule has 2 heterocycles. The zero-order chi connectivity index (χ0) is 8.72. The first-order chi connectivity index (χ1) is 5.68. The molecule has 3 nitrogen and oxygen atoms in total. The van der Waals surface area contributed by atoms with Crippen LogP contribution in [-0.2, 0) is 7.05 Å². The predicted octanol–water partition coefficient (Wildman–Crippen LogP) is 2.04. The molecule has 2 aromatic rings. The summed E-state index contributed by atoms with van der Waals surface area (Å²) in [6.07, 6.45) is 0. The Morgan fingerprint density at radius 1 is 1.42 bits per heavy atom.